The average Bonchev–Trinajstić information content (AvgIpc) is 2.40. The van der Waals surface area contributed by atoms with Gasteiger partial charge in [0, 0.05) is 0 Å². The molecule has 0 N–H and O–H groups in total. The fourth-order valence-corrected chi connectivity index (χ4v) is 12.0. The Hall–Kier alpha value is 2.80. The summed E-state index contributed by atoms with van der Waals surface area (Å²) in [6.07, 6.45) is 0. The summed E-state index contributed by atoms with van der Waals surface area (Å²) in [4.78, 5) is 0. The molecule has 4 unspecified atom stereocenters. The molecule has 0 saturated carbocycles. The van der Waals surface area contributed by atoms with Crippen LogP contribution in [0.3, 0.4) is 0 Å². The van der Waals surface area contributed by atoms with Gasteiger partial charge < -0.3 is 0 Å². The molecule has 0 aromatic heterocycles. The molecule has 0 aromatic carbocycles. The predicted octanol–water partition coefficient (Wildman–Crippen LogP) is 6.01. The predicted molar refractivity (Wildman–Crippen MR) is 126 cm³/mol. The first-order valence-corrected chi connectivity index (χ1v) is 13.4. The van der Waals surface area contributed by atoms with Gasteiger partial charge in [0.05, 0.1) is 23.7 Å². The summed E-state index contributed by atoms with van der Waals surface area (Å²) in [6, 6.07) is 0. The largest absolute Gasteiger partial charge is 0.164 e. The van der Waals surface area contributed by atoms with Crippen molar-refractivity contribution in [3.63, 3.8) is 0 Å². The molecular weight excluding hydrogens is 413 g/mol. The van der Waals surface area contributed by atoms with E-state index in [1.165, 1.54) is 0 Å². The van der Waals surface area contributed by atoms with Gasteiger partial charge in [-0.05, 0) is 23.0 Å². The van der Waals surface area contributed by atoms with Crippen LogP contribution in [-0.4, -0.2) is 41.3 Å². The first-order valence-electron chi connectivity index (χ1n) is 7.11. The van der Waals surface area contributed by atoms with Crippen molar-refractivity contribution in [1.29, 1.82) is 0 Å². The maximum absolute atomic E-state index is 4.96. The maximum atomic E-state index is 4.96. The molecule has 8 heteroatoms. The Morgan fingerprint density at radius 3 is 0.905 bits per heavy atom. The summed E-state index contributed by atoms with van der Waals surface area (Å²) in [5, 5.41) is 0. The quantitative estimate of drug-likeness (QED) is 0.217. The fraction of sp³-hybridized carbons (Fsp3) is 1.00. The van der Waals surface area contributed by atoms with Crippen LogP contribution in [-0.2, 0) is 0 Å². The first-order chi connectivity index (χ1) is 9.93. The van der Waals surface area contributed by atoms with Gasteiger partial charge in [0.15, 0.2) is 0 Å². The second-order valence-electron chi connectivity index (χ2n) is 4.23. The van der Waals surface area contributed by atoms with Gasteiger partial charge in [-0.2, -0.15) is 50.5 Å². The molecule has 0 rings (SSSR count). The molecule has 4 atom stereocenters. The van der Waals surface area contributed by atoms with E-state index in [4.69, 9.17) is 50.5 Å². The lowest BCUT2D eigenvalue weighted by Gasteiger charge is -2.48. The fourth-order valence-electron chi connectivity index (χ4n) is 1.94. The van der Waals surface area contributed by atoms with E-state index in [9.17, 15) is 0 Å². The highest BCUT2D eigenvalue weighted by molar-refractivity contribution is 8.14. The second-order valence-corrected chi connectivity index (χ2v) is 13.2. The minimum atomic E-state index is -0.152. The molecule has 0 bridgehead atoms. The van der Waals surface area contributed by atoms with Crippen LogP contribution < -0.4 is 0 Å². The van der Waals surface area contributed by atoms with Crippen molar-refractivity contribution >= 4 is 97.6 Å². The summed E-state index contributed by atoms with van der Waals surface area (Å²) in [5.74, 6) is 4.17. The topological polar surface area (TPSA) is 0 Å². The van der Waals surface area contributed by atoms with Crippen molar-refractivity contribution in [2.75, 3.05) is 23.0 Å². The van der Waals surface area contributed by atoms with Crippen molar-refractivity contribution in [2.24, 2.45) is 5.41 Å². The number of thiol groups is 4. The van der Waals surface area contributed by atoms with E-state index >= 15 is 0 Å². The van der Waals surface area contributed by atoms with Crippen LogP contribution >= 0.6 is 97.6 Å². The van der Waals surface area contributed by atoms with Crippen molar-refractivity contribution in [2.45, 2.75) is 46.0 Å². The van der Waals surface area contributed by atoms with Crippen LogP contribution in [0.25, 0.3) is 0 Å². The van der Waals surface area contributed by atoms with E-state index in [-0.39, 0.29) is 23.7 Å². The van der Waals surface area contributed by atoms with Gasteiger partial charge in [0.1, 0.15) is 0 Å². The highest BCUT2D eigenvalue weighted by atomic mass is 32.2. The van der Waals surface area contributed by atoms with E-state index in [2.05, 4.69) is 27.7 Å². The van der Waals surface area contributed by atoms with Crippen molar-refractivity contribution in [3.05, 3.63) is 0 Å². The summed E-state index contributed by atoms with van der Waals surface area (Å²) < 4.78 is 0.693. The Morgan fingerprint density at radius 1 is 0.571 bits per heavy atom. The molecule has 0 aliphatic heterocycles. The number of rotatable bonds is 12. The average molecular weight is 441 g/mol. The molecule has 0 amide bonds. The Balaban J connectivity index is 5.67. The molecule has 0 saturated heterocycles. The number of hydrogen-bond donors (Lipinski definition) is 4. The van der Waals surface area contributed by atoms with Gasteiger partial charge in [-0.15, -0.1) is 47.0 Å². The van der Waals surface area contributed by atoms with E-state index in [1.54, 1.807) is 0 Å². The summed E-state index contributed by atoms with van der Waals surface area (Å²) in [7, 11) is 0. The Kier molecular flexibility index (Phi) is 14.8. The second kappa shape index (κ2) is 13.1. The molecule has 0 aliphatic rings. The third-order valence-electron chi connectivity index (χ3n) is 3.01. The van der Waals surface area contributed by atoms with Crippen molar-refractivity contribution < 1.29 is 0 Å². The van der Waals surface area contributed by atoms with Gasteiger partial charge in [-0.3, -0.25) is 0 Å². The minimum Gasteiger partial charge on any atom is -0.164 e. The van der Waals surface area contributed by atoms with Crippen LogP contribution in [0, 0.1) is 5.41 Å². The number of hydrogen-bond acceptors (Lipinski definition) is 8. The molecule has 0 aromatic rings. The lowest BCUT2D eigenvalue weighted by molar-refractivity contribution is 0.438. The van der Waals surface area contributed by atoms with Gasteiger partial charge in [0.25, 0.3) is 0 Å². The van der Waals surface area contributed by atoms with Crippen LogP contribution in [0.2, 0.25) is 0 Å². The zero-order valence-corrected chi connectivity index (χ0v) is 19.9. The summed E-state index contributed by atoms with van der Waals surface area (Å²) in [6.45, 7) is 8.72. The number of thioether (sulfide) groups is 4. The van der Waals surface area contributed by atoms with E-state index in [0.29, 0.717) is 0 Å². The molecule has 128 valence electrons. The lowest BCUT2D eigenvalue weighted by Crippen LogP contribution is -2.50. The molecule has 0 spiro atoms. The normalized spacial score (nSPS) is 20.6. The standard InChI is InChI=1S/C13H28S8/c1-5-18-9(14)13(10(15)19-6-2,11(16)20-7-3)12(17)21-8-4/h9-12,14-17H,5-8H2,1-4H3. The molecule has 0 heterocycles. The van der Waals surface area contributed by atoms with Crippen LogP contribution in [0.15, 0.2) is 0 Å². The minimum absolute atomic E-state index is 0.152. The lowest BCUT2D eigenvalue weighted by atomic mass is 9.97. The third kappa shape index (κ3) is 6.55. The molecule has 21 heavy (non-hydrogen) atoms. The van der Waals surface area contributed by atoms with Crippen LogP contribution in [0.1, 0.15) is 27.7 Å². The van der Waals surface area contributed by atoms with Crippen LogP contribution in [0.5, 0.6) is 0 Å². The molecule has 0 nitrogen and oxygen atoms in total. The van der Waals surface area contributed by atoms with Gasteiger partial charge in [0.2, 0.25) is 0 Å². The molecule has 0 radical (unpaired) electrons. The molecule has 0 aliphatic carbocycles. The Bertz CT molecular complexity index is 209. The smallest absolute Gasteiger partial charge is 0.0584 e. The molecule has 0 fully saturated rings. The van der Waals surface area contributed by atoms with Crippen molar-refractivity contribution in [3.8, 4) is 0 Å². The van der Waals surface area contributed by atoms with E-state index < -0.39 is 0 Å². The maximum Gasteiger partial charge on any atom is 0.0584 e. The highest BCUT2D eigenvalue weighted by Crippen LogP contribution is 2.57. The Labute approximate surface area is 170 Å². The zero-order valence-electron chi connectivity index (χ0n) is 13.1. The Morgan fingerprint density at radius 2 is 0.762 bits per heavy atom. The van der Waals surface area contributed by atoms with Gasteiger partial charge in [-0.25, -0.2) is 0 Å². The highest BCUT2D eigenvalue weighted by Gasteiger charge is 2.52. The van der Waals surface area contributed by atoms with Crippen molar-refractivity contribution in [1.82, 2.24) is 0 Å². The van der Waals surface area contributed by atoms with E-state index in [1.807, 2.05) is 47.0 Å². The van der Waals surface area contributed by atoms with Gasteiger partial charge in [-0.1, -0.05) is 27.7 Å². The zero-order chi connectivity index (χ0) is 16.5. The SMILES string of the molecule is CCSC(S)C(C(S)SCC)(C(S)SCC)C(S)SCC. The van der Waals surface area contributed by atoms with E-state index in [0.717, 1.165) is 23.0 Å². The van der Waals surface area contributed by atoms with Crippen LogP contribution in [0.4, 0.5) is 0 Å². The molecular formula is C13H28S8. The monoisotopic (exact) mass is 440 g/mol. The summed E-state index contributed by atoms with van der Waals surface area (Å²) in [5.41, 5.74) is -0.152. The first kappa shape index (κ1) is 23.8. The summed E-state index contributed by atoms with van der Waals surface area (Å²) >= 11 is 27.4. The van der Waals surface area contributed by atoms with Gasteiger partial charge >= 0.3 is 0 Å². The third-order valence-corrected chi connectivity index (χ3v) is 10.8.